The molecule has 0 heterocycles. The van der Waals surface area contributed by atoms with E-state index < -0.39 is 20.0 Å². The van der Waals surface area contributed by atoms with Crippen LogP contribution in [-0.4, -0.2) is 16.8 Å². The number of anilines is 2. The van der Waals surface area contributed by atoms with Crippen molar-refractivity contribution in [1.29, 1.82) is 0 Å². The van der Waals surface area contributed by atoms with Gasteiger partial charge in [-0.1, -0.05) is 42.5 Å². The van der Waals surface area contributed by atoms with E-state index in [1.807, 2.05) is 0 Å². The number of hydrogen-bond donors (Lipinski definition) is 1. The van der Waals surface area contributed by atoms with E-state index in [1.54, 1.807) is 18.2 Å². The molecule has 8 heteroatoms. The van der Waals surface area contributed by atoms with Gasteiger partial charge in [-0.3, -0.25) is 0 Å². The highest BCUT2D eigenvalue weighted by molar-refractivity contribution is 8.10. The van der Waals surface area contributed by atoms with Crippen molar-refractivity contribution in [3.05, 3.63) is 84.9 Å². The Morgan fingerprint density at radius 2 is 1.08 bits per heavy atom. The van der Waals surface area contributed by atoms with Crippen LogP contribution in [0.25, 0.3) is 0 Å². The standard InChI is InChI=1S/C18H16N2O4S2/c19-15-8-7-9-16(14-15)20(25(21,22)17-10-3-1-4-11-17)26(23,24)18-12-5-2-6-13-18/h1-14H,19H2. The second-order valence-corrected chi connectivity index (χ2v) is 9.23. The van der Waals surface area contributed by atoms with Crippen molar-refractivity contribution in [2.45, 2.75) is 9.79 Å². The predicted molar refractivity (Wildman–Crippen MR) is 101 cm³/mol. The molecular formula is C18H16N2O4S2. The lowest BCUT2D eigenvalue weighted by molar-refractivity contribution is 0.584. The first-order valence-corrected chi connectivity index (χ1v) is 10.5. The van der Waals surface area contributed by atoms with Gasteiger partial charge in [0, 0.05) is 5.69 Å². The van der Waals surface area contributed by atoms with Crippen LogP contribution in [0.1, 0.15) is 0 Å². The number of nitrogens with zero attached hydrogens (tertiary/aromatic N) is 1. The van der Waals surface area contributed by atoms with E-state index in [0.717, 1.165) is 0 Å². The molecule has 6 nitrogen and oxygen atoms in total. The molecule has 26 heavy (non-hydrogen) atoms. The number of sulfonamides is 2. The maximum Gasteiger partial charge on any atom is 0.277 e. The molecule has 0 radical (unpaired) electrons. The first-order chi connectivity index (χ1) is 12.3. The number of nitrogen functional groups attached to an aromatic ring is 1. The van der Waals surface area contributed by atoms with Crippen molar-refractivity contribution in [1.82, 2.24) is 0 Å². The number of benzene rings is 3. The van der Waals surface area contributed by atoms with Gasteiger partial charge in [-0.2, -0.15) is 3.71 Å². The van der Waals surface area contributed by atoms with Gasteiger partial charge in [-0.25, -0.2) is 16.8 Å². The molecule has 0 aromatic heterocycles. The molecule has 0 atom stereocenters. The minimum atomic E-state index is -4.39. The fourth-order valence-corrected chi connectivity index (χ4v) is 6.14. The SMILES string of the molecule is Nc1cccc(N(S(=O)(=O)c2ccccc2)S(=O)(=O)c2ccccc2)c1. The van der Waals surface area contributed by atoms with Crippen LogP contribution in [0.3, 0.4) is 0 Å². The Hall–Kier alpha value is -2.84. The lowest BCUT2D eigenvalue weighted by Gasteiger charge is -2.24. The maximum atomic E-state index is 13.2. The summed E-state index contributed by atoms with van der Waals surface area (Å²) in [5.74, 6) is 0. The lowest BCUT2D eigenvalue weighted by atomic mass is 10.3. The summed E-state index contributed by atoms with van der Waals surface area (Å²) >= 11 is 0. The zero-order valence-corrected chi connectivity index (χ0v) is 15.2. The van der Waals surface area contributed by atoms with Crippen molar-refractivity contribution < 1.29 is 16.8 Å². The van der Waals surface area contributed by atoms with Crippen LogP contribution < -0.4 is 9.44 Å². The molecular weight excluding hydrogens is 372 g/mol. The predicted octanol–water partition coefficient (Wildman–Crippen LogP) is 2.85. The van der Waals surface area contributed by atoms with E-state index in [0.29, 0.717) is 3.71 Å². The summed E-state index contributed by atoms with van der Waals surface area (Å²) in [5, 5.41) is 0. The Morgan fingerprint density at radius 1 is 0.615 bits per heavy atom. The lowest BCUT2D eigenvalue weighted by Crippen LogP contribution is -2.37. The minimum Gasteiger partial charge on any atom is -0.399 e. The van der Waals surface area contributed by atoms with Crippen molar-refractivity contribution >= 4 is 31.4 Å². The van der Waals surface area contributed by atoms with E-state index >= 15 is 0 Å². The first kappa shape index (κ1) is 18.0. The zero-order chi connectivity index (χ0) is 18.8. The summed E-state index contributed by atoms with van der Waals surface area (Å²) in [4.78, 5) is -0.274. The molecule has 0 fully saturated rings. The molecule has 0 saturated carbocycles. The van der Waals surface area contributed by atoms with Crippen molar-refractivity contribution in [3.8, 4) is 0 Å². The molecule has 0 saturated heterocycles. The van der Waals surface area contributed by atoms with Crippen LogP contribution in [-0.2, 0) is 20.0 Å². The van der Waals surface area contributed by atoms with Crippen LogP contribution in [0.4, 0.5) is 11.4 Å². The Kier molecular flexibility index (Phi) is 4.71. The van der Waals surface area contributed by atoms with Crippen LogP contribution in [0.15, 0.2) is 94.7 Å². The molecule has 3 aromatic rings. The minimum absolute atomic E-state index is 0.0577. The van der Waals surface area contributed by atoms with Gasteiger partial charge in [0.15, 0.2) is 0 Å². The maximum absolute atomic E-state index is 13.2. The van der Waals surface area contributed by atoms with Crippen LogP contribution in [0.2, 0.25) is 0 Å². The monoisotopic (exact) mass is 388 g/mol. The van der Waals surface area contributed by atoms with Gasteiger partial charge in [0.05, 0.1) is 15.5 Å². The Labute approximate surface area is 152 Å². The second-order valence-electron chi connectivity index (χ2n) is 5.43. The van der Waals surface area contributed by atoms with E-state index in [-0.39, 0.29) is 21.2 Å². The van der Waals surface area contributed by atoms with Gasteiger partial charge in [-0.15, -0.1) is 0 Å². The fraction of sp³-hybridized carbons (Fsp3) is 0. The van der Waals surface area contributed by atoms with E-state index in [9.17, 15) is 16.8 Å². The molecule has 0 aliphatic rings. The Morgan fingerprint density at radius 3 is 1.50 bits per heavy atom. The number of hydrogen-bond acceptors (Lipinski definition) is 5. The number of rotatable bonds is 5. The van der Waals surface area contributed by atoms with Gasteiger partial charge in [0.2, 0.25) is 0 Å². The molecule has 0 aliphatic heterocycles. The van der Waals surface area contributed by atoms with Crippen molar-refractivity contribution in [3.63, 3.8) is 0 Å². The highest BCUT2D eigenvalue weighted by atomic mass is 32.3. The van der Waals surface area contributed by atoms with Crippen LogP contribution >= 0.6 is 0 Å². The third-order valence-electron chi connectivity index (χ3n) is 3.60. The first-order valence-electron chi connectivity index (χ1n) is 7.60. The van der Waals surface area contributed by atoms with Gasteiger partial charge in [0.1, 0.15) is 0 Å². The molecule has 3 rings (SSSR count). The quantitative estimate of drug-likeness (QED) is 0.678. The van der Waals surface area contributed by atoms with E-state index in [4.69, 9.17) is 5.73 Å². The summed E-state index contributed by atoms with van der Waals surface area (Å²) in [6, 6.07) is 20.5. The fourth-order valence-electron chi connectivity index (χ4n) is 2.42. The Balaban J connectivity index is 2.28. The van der Waals surface area contributed by atoms with Crippen molar-refractivity contribution in [2.75, 3.05) is 9.44 Å². The molecule has 3 aromatic carbocycles. The smallest absolute Gasteiger partial charge is 0.277 e. The average Bonchev–Trinajstić information content (AvgIpc) is 2.63. The Bertz CT molecular complexity index is 1040. The highest BCUT2D eigenvalue weighted by Gasteiger charge is 2.36. The zero-order valence-electron chi connectivity index (χ0n) is 13.6. The van der Waals surface area contributed by atoms with Gasteiger partial charge < -0.3 is 5.73 Å². The molecule has 0 aliphatic carbocycles. The second kappa shape index (κ2) is 6.81. The third kappa shape index (κ3) is 3.29. The topological polar surface area (TPSA) is 97.5 Å². The number of nitrogens with two attached hydrogens (primary N) is 1. The molecule has 0 bridgehead atoms. The largest absolute Gasteiger partial charge is 0.399 e. The van der Waals surface area contributed by atoms with Crippen molar-refractivity contribution in [2.24, 2.45) is 0 Å². The molecule has 2 N–H and O–H groups in total. The average molecular weight is 388 g/mol. The van der Waals surface area contributed by atoms with Crippen LogP contribution in [0, 0.1) is 0 Å². The molecule has 0 amide bonds. The van der Waals surface area contributed by atoms with E-state index in [1.165, 1.54) is 66.7 Å². The summed E-state index contributed by atoms with van der Waals surface area (Å²) in [6.45, 7) is 0. The van der Waals surface area contributed by atoms with Gasteiger partial charge >= 0.3 is 0 Å². The normalized spacial score (nSPS) is 11.8. The summed E-state index contributed by atoms with van der Waals surface area (Å²) in [6.07, 6.45) is 0. The van der Waals surface area contributed by atoms with Gasteiger partial charge in [-0.05, 0) is 42.5 Å². The van der Waals surface area contributed by atoms with Crippen LogP contribution in [0.5, 0.6) is 0 Å². The summed E-state index contributed by atoms with van der Waals surface area (Å²) in [5.41, 5.74) is 5.94. The molecule has 134 valence electrons. The van der Waals surface area contributed by atoms with E-state index in [2.05, 4.69) is 0 Å². The molecule has 0 spiro atoms. The summed E-state index contributed by atoms with van der Waals surface area (Å²) in [7, 11) is -8.77. The van der Waals surface area contributed by atoms with Gasteiger partial charge in [0.25, 0.3) is 20.0 Å². The molecule has 0 unspecified atom stereocenters. The highest BCUT2D eigenvalue weighted by Crippen LogP contribution is 2.31. The summed E-state index contributed by atoms with van der Waals surface area (Å²) < 4.78 is 53.1. The third-order valence-corrected chi connectivity index (χ3v) is 7.81.